The Labute approximate surface area is 320 Å². The largest absolute Gasteiger partial charge is 2.00 e. The molecular weight excluding hydrogens is 832 g/mol. The second kappa shape index (κ2) is 13.6. The van der Waals surface area contributed by atoms with Gasteiger partial charge in [0.15, 0.2) is 0 Å². The maximum Gasteiger partial charge on any atom is 2.00 e. The molecule has 0 aliphatic carbocycles. The van der Waals surface area contributed by atoms with E-state index in [0.29, 0.717) is 11.6 Å². The molecule has 0 spiro atoms. The van der Waals surface area contributed by atoms with Gasteiger partial charge in [-0.1, -0.05) is 138 Å². The zero-order chi connectivity index (χ0) is 34.4. The van der Waals surface area contributed by atoms with Crippen molar-refractivity contribution in [3.63, 3.8) is 0 Å². The van der Waals surface area contributed by atoms with E-state index in [4.69, 9.17) is 9.72 Å². The minimum absolute atomic E-state index is 0. The molecule has 0 bridgehead atoms. The Morgan fingerprint density at radius 1 is 0.604 bits per heavy atom. The van der Waals surface area contributed by atoms with Gasteiger partial charge in [-0.3, -0.25) is 4.98 Å². The van der Waals surface area contributed by atoms with Crippen molar-refractivity contribution in [2.75, 3.05) is 0 Å². The van der Waals surface area contributed by atoms with Crippen LogP contribution in [-0.2, 0) is 21.1 Å². The number of fused-ring (bicyclic) bond motifs is 6. The summed E-state index contributed by atoms with van der Waals surface area (Å²) in [5.41, 5.74) is 8.45. The molecule has 10 aromatic rings. The van der Waals surface area contributed by atoms with Gasteiger partial charge in [-0.2, -0.15) is 5.10 Å². The van der Waals surface area contributed by atoms with Crippen LogP contribution < -0.4 is 4.74 Å². The SMILES string of the molecule is [Pt+2].[c-]1c(Oc2cccc(-c3[c-]ccc4c5c6ccccc6ccc5n(-c5ccccc5)c34)n2)cc(-c2ccccc2)cc1-c1nncc2ccccc12. The van der Waals surface area contributed by atoms with Gasteiger partial charge in [-0.25, -0.2) is 5.10 Å². The van der Waals surface area contributed by atoms with Crippen molar-refractivity contribution in [1.29, 1.82) is 0 Å². The Balaban J connectivity index is 0.00000372. The summed E-state index contributed by atoms with van der Waals surface area (Å²) in [5, 5.41) is 15.6. The quantitative estimate of drug-likeness (QED) is 0.156. The molecule has 0 fully saturated rings. The van der Waals surface area contributed by atoms with Crippen LogP contribution >= 0.6 is 0 Å². The number of para-hydroxylation sites is 1. The van der Waals surface area contributed by atoms with E-state index in [0.717, 1.165) is 66.5 Å². The Bertz CT molecular complexity index is 2940. The number of pyridine rings is 1. The summed E-state index contributed by atoms with van der Waals surface area (Å²) < 4.78 is 8.91. The normalized spacial score (nSPS) is 11.2. The van der Waals surface area contributed by atoms with Crippen molar-refractivity contribution in [1.82, 2.24) is 19.7 Å². The molecule has 0 N–H and O–H groups in total. The molecule has 0 unspecified atom stereocenters. The first-order valence-electron chi connectivity index (χ1n) is 17.2. The van der Waals surface area contributed by atoms with Gasteiger partial charge in [0, 0.05) is 22.6 Å². The maximum absolute atomic E-state index is 6.58. The van der Waals surface area contributed by atoms with Gasteiger partial charge in [-0.15, -0.1) is 35.4 Å². The van der Waals surface area contributed by atoms with Crippen LogP contribution in [-0.4, -0.2) is 19.7 Å². The van der Waals surface area contributed by atoms with Gasteiger partial charge < -0.3 is 9.30 Å². The van der Waals surface area contributed by atoms with Gasteiger partial charge in [-0.05, 0) is 68.0 Å². The van der Waals surface area contributed by atoms with Crippen LogP contribution in [0.3, 0.4) is 0 Å². The fourth-order valence-electron chi connectivity index (χ4n) is 7.29. The van der Waals surface area contributed by atoms with E-state index >= 15 is 0 Å². The molecule has 7 aromatic carbocycles. The molecule has 0 saturated heterocycles. The Morgan fingerprint density at radius 2 is 1.36 bits per heavy atom. The molecule has 3 aromatic heterocycles. The topological polar surface area (TPSA) is 52.8 Å². The molecule has 0 aliphatic rings. The fourth-order valence-corrected chi connectivity index (χ4v) is 7.29. The van der Waals surface area contributed by atoms with E-state index in [1.807, 2.05) is 72.8 Å². The second-order valence-electron chi connectivity index (χ2n) is 12.7. The molecule has 5 nitrogen and oxygen atoms in total. The van der Waals surface area contributed by atoms with Crippen LogP contribution in [0.1, 0.15) is 0 Å². The molecule has 0 amide bonds. The van der Waals surface area contributed by atoms with Crippen LogP contribution in [0.4, 0.5) is 0 Å². The number of nitrogens with zero attached hydrogens (tertiary/aromatic N) is 4. The summed E-state index contributed by atoms with van der Waals surface area (Å²) in [5.74, 6) is 0.981. The third-order valence-corrected chi connectivity index (χ3v) is 9.60. The van der Waals surface area contributed by atoms with Crippen LogP contribution in [0.15, 0.2) is 170 Å². The van der Waals surface area contributed by atoms with Gasteiger partial charge in [0.1, 0.15) is 0 Å². The smallest absolute Gasteiger partial charge is 0.460 e. The van der Waals surface area contributed by atoms with Crippen molar-refractivity contribution in [3.8, 4) is 51.0 Å². The summed E-state index contributed by atoms with van der Waals surface area (Å²) in [4.78, 5) is 5.10. The fraction of sp³-hybridized carbons (Fsp3) is 0. The monoisotopic (exact) mass is 859 g/mol. The number of ether oxygens (including phenoxy) is 1. The third-order valence-electron chi connectivity index (χ3n) is 9.60. The molecule has 252 valence electrons. The van der Waals surface area contributed by atoms with Crippen molar-refractivity contribution >= 4 is 43.4 Å². The molecular formula is C47H28N4OPt. The van der Waals surface area contributed by atoms with E-state index in [1.54, 1.807) is 6.20 Å². The Morgan fingerprint density at radius 3 is 2.21 bits per heavy atom. The second-order valence-corrected chi connectivity index (χ2v) is 12.7. The predicted octanol–water partition coefficient (Wildman–Crippen LogP) is 11.7. The van der Waals surface area contributed by atoms with Crippen molar-refractivity contribution in [3.05, 3.63) is 182 Å². The molecule has 0 atom stereocenters. The van der Waals surface area contributed by atoms with E-state index in [2.05, 4.69) is 118 Å². The van der Waals surface area contributed by atoms with E-state index in [-0.39, 0.29) is 21.1 Å². The first-order valence-corrected chi connectivity index (χ1v) is 17.2. The van der Waals surface area contributed by atoms with Crippen molar-refractivity contribution in [2.24, 2.45) is 0 Å². The van der Waals surface area contributed by atoms with Crippen LogP contribution in [0.2, 0.25) is 0 Å². The minimum atomic E-state index is 0. The molecule has 0 saturated carbocycles. The van der Waals surface area contributed by atoms with Crippen molar-refractivity contribution < 1.29 is 25.8 Å². The average molecular weight is 860 g/mol. The molecule has 0 radical (unpaired) electrons. The van der Waals surface area contributed by atoms with Gasteiger partial charge >= 0.3 is 21.1 Å². The predicted molar refractivity (Wildman–Crippen MR) is 210 cm³/mol. The van der Waals surface area contributed by atoms with Crippen LogP contribution in [0, 0.1) is 12.1 Å². The number of aromatic nitrogens is 4. The van der Waals surface area contributed by atoms with E-state index < -0.39 is 0 Å². The molecule has 3 heterocycles. The van der Waals surface area contributed by atoms with Gasteiger partial charge in [0.05, 0.1) is 6.20 Å². The zero-order valence-corrected chi connectivity index (χ0v) is 30.5. The number of rotatable bonds is 6. The van der Waals surface area contributed by atoms with E-state index in [1.165, 1.54) is 16.2 Å². The summed E-state index contributed by atoms with van der Waals surface area (Å²) in [6, 6.07) is 63.0. The molecule has 10 rings (SSSR count). The van der Waals surface area contributed by atoms with Gasteiger partial charge in [0.2, 0.25) is 5.88 Å². The number of benzene rings is 7. The third kappa shape index (κ3) is 5.76. The zero-order valence-electron chi connectivity index (χ0n) is 28.2. The molecule has 6 heteroatoms. The maximum atomic E-state index is 6.58. The molecule has 53 heavy (non-hydrogen) atoms. The number of hydrogen-bond acceptors (Lipinski definition) is 4. The van der Waals surface area contributed by atoms with Gasteiger partial charge in [0.25, 0.3) is 0 Å². The van der Waals surface area contributed by atoms with Crippen LogP contribution in [0.5, 0.6) is 11.6 Å². The first-order chi connectivity index (χ1) is 25.8. The molecule has 0 aliphatic heterocycles. The van der Waals surface area contributed by atoms with Crippen LogP contribution in [0.25, 0.3) is 82.7 Å². The summed E-state index contributed by atoms with van der Waals surface area (Å²) >= 11 is 0. The average Bonchev–Trinajstić information content (AvgIpc) is 3.56. The summed E-state index contributed by atoms with van der Waals surface area (Å²) in [7, 11) is 0. The summed E-state index contributed by atoms with van der Waals surface area (Å²) in [6.07, 6.45) is 1.78. The van der Waals surface area contributed by atoms with Crippen molar-refractivity contribution in [2.45, 2.75) is 0 Å². The number of hydrogen-bond donors (Lipinski definition) is 0. The first kappa shape index (κ1) is 32.5. The Kier molecular flexibility index (Phi) is 8.34. The summed E-state index contributed by atoms with van der Waals surface area (Å²) in [6.45, 7) is 0. The Hall–Kier alpha value is -6.42. The van der Waals surface area contributed by atoms with E-state index in [9.17, 15) is 0 Å². The standard InChI is InChI=1S/C47H28N4O.Pt/c1-3-13-31(14-4-1)34-27-35(46-39-20-10-8-16-33(39)30-48-50-46)29-37(28-34)52-44-24-12-23-42(49-44)40-21-11-22-41-45-38-19-9-7-15-32(38)25-26-43(45)51(47(40)41)36-17-5-2-6-18-36;/h1-20,22-28,30H;/q-2;+2. The minimum Gasteiger partial charge on any atom is -0.460 e.